The van der Waals surface area contributed by atoms with Crippen LogP contribution >= 0.6 is 11.3 Å². The minimum absolute atomic E-state index is 0.0224. The average molecular weight is 270 g/mol. The van der Waals surface area contributed by atoms with Crippen LogP contribution in [0, 0.1) is 6.92 Å². The van der Waals surface area contributed by atoms with Gasteiger partial charge in [-0.15, -0.1) is 11.3 Å². The third-order valence-corrected chi connectivity index (χ3v) is 4.40. The van der Waals surface area contributed by atoms with Crippen LogP contribution < -0.4 is 0 Å². The molecule has 0 amide bonds. The second kappa shape index (κ2) is 4.31. The molecule has 2 heterocycles. The number of rotatable bonds is 2. The molecule has 0 unspecified atom stereocenters. The van der Waals surface area contributed by atoms with Gasteiger partial charge in [0.05, 0.1) is 5.69 Å². The van der Waals surface area contributed by atoms with Gasteiger partial charge in [0.25, 0.3) is 0 Å². The van der Waals surface area contributed by atoms with Crippen LogP contribution in [0.1, 0.15) is 22.4 Å². The Labute approximate surface area is 115 Å². The topological polar surface area (TPSA) is 34.9 Å². The van der Waals surface area contributed by atoms with Gasteiger partial charge in [-0.2, -0.15) is 0 Å². The van der Waals surface area contributed by atoms with E-state index >= 15 is 0 Å². The van der Waals surface area contributed by atoms with Crippen molar-refractivity contribution in [3.05, 3.63) is 40.3 Å². The Morgan fingerprint density at radius 3 is 2.74 bits per heavy atom. The standard InChI is InChI=1S/C15H14N2OS/c1-9-14(12-8-19-15(16-12)10(2)18)11-6-4-5-7-13(11)17(9)3/h4-8H,1-3H3. The van der Waals surface area contributed by atoms with Gasteiger partial charge in [0.2, 0.25) is 0 Å². The summed E-state index contributed by atoms with van der Waals surface area (Å²) in [6.07, 6.45) is 0. The van der Waals surface area contributed by atoms with E-state index in [1.165, 1.54) is 27.9 Å². The molecule has 1 aromatic carbocycles. The molecular weight excluding hydrogens is 256 g/mol. The van der Waals surface area contributed by atoms with Crippen LogP contribution in [0.15, 0.2) is 29.6 Å². The second-order valence-electron chi connectivity index (χ2n) is 4.63. The van der Waals surface area contributed by atoms with Gasteiger partial charge in [-0.25, -0.2) is 4.98 Å². The number of ketones is 1. The van der Waals surface area contributed by atoms with E-state index in [1.54, 1.807) is 6.92 Å². The molecule has 0 radical (unpaired) electrons. The van der Waals surface area contributed by atoms with Crippen molar-refractivity contribution < 1.29 is 4.79 Å². The number of benzene rings is 1. The van der Waals surface area contributed by atoms with Crippen molar-refractivity contribution in [2.45, 2.75) is 13.8 Å². The first-order chi connectivity index (χ1) is 9.09. The van der Waals surface area contributed by atoms with Gasteiger partial charge in [-0.05, 0) is 13.0 Å². The van der Waals surface area contributed by atoms with Gasteiger partial charge in [-0.1, -0.05) is 18.2 Å². The summed E-state index contributed by atoms with van der Waals surface area (Å²) >= 11 is 1.41. The number of fused-ring (bicyclic) bond motifs is 1. The maximum Gasteiger partial charge on any atom is 0.188 e. The SMILES string of the molecule is CC(=O)c1nc(-c2c(C)n(C)c3ccccc23)cs1. The Kier molecular flexibility index (Phi) is 2.75. The highest BCUT2D eigenvalue weighted by Gasteiger charge is 2.16. The zero-order valence-corrected chi connectivity index (χ0v) is 11.9. The molecule has 0 N–H and O–H groups in total. The van der Waals surface area contributed by atoms with E-state index in [-0.39, 0.29) is 5.78 Å². The van der Waals surface area contributed by atoms with Crippen LogP contribution in [0.3, 0.4) is 0 Å². The Hall–Kier alpha value is -1.94. The number of carbonyl (C=O) groups excluding carboxylic acids is 1. The molecule has 96 valence electrons. The highest BCUT2D eigenvalue weighted by Crippen LogP contribution is 2.34. The fourth-order valence-corrected chi connectivity index (χ4v) is 3.11. The smallest absolute Gasteiger partial charge is 0.188 e. The number of thiazole rings is 1. The summed E-state index contributed by atoms with van der Waals surface area (Å²) in [6, 6.07) is 8.27. The molecule has 2 aromatic heterocycles. The zero-order valence-electron chi connectivity index (χ0n) is 11.1. The van der Waals surface area contributed by atoms with E-state index in [0.29, 0.717) is 5.01 Å². The van der Waals surface area contributed by atoms with Gasteiger partial charge >= 0.3 is 0 Å². The molecule has 0 bridgehead atoms. The van der Waals surface area contributed by atoms with E-state index in [2.05, 4.69) is 35.7 Å². The molecule has 3 aromatic rings. The Bertz CT molecular complexity index is 783. The van der Waals surface area contributed by atoms with Crippen LogP contribution in [0.2, 0.25) is 0 Å². The Morgan fingerprint density at radius 2 is 2.05 bits per heavy atom. The summed E-state index contributed by atoms with van der Waals surface area (Å²) in [5, 5.41) is 3.72. The monoisotopic (exact) mass is 270 g/mol. The number of para-hydroxylation sites is 1. The van der Waals surface area contributed by atoms with Crippen LogP contribution in [0.25, 0.3) is 22.2 Å². The van der Waals surface area contributed by atoms with Gasteiger partial charge < -0.3 is 4.57 Å². The van der Waals surface area contributed by atoms with E-state index in [0.717, 1.165) is 11.3 Å². The number of aryl methyl sites for hydroxylation is 1. The molecule has 0 fully saturated rings. The quantitative estimate of drug-likeness (QED) is 0.664. The fourth-order valence-electron chi connectivity index (χ4n) is 2.39. The van der Waals surface area contributed by atoms with Gasteiger partial charge in [0.15, 0.2) is 10.8 Å². The number of Topliss-reactive ketones (excluding diaryl/α,β-unsaturated/α-hetero) is 1. The predicted octanol–water partition coefficient (Wildman–Crippen LogP) is 3.81. The molecular formula is C15H14N2OS. The van der Waals surface area contributed by atoms with Crippen molar-refractivity contribution >= 4 is 28.0 Å². The molecule has 0 saturated carbocycles. The lowest BCUT2D eigenvalue weighted by atomic mass is 10.1. The molecule has 0 atom stereocenters. The first-order valence-corrected chi connectivity index (χ1v) is 6.98. The Balaban J connectivity index is 2.29. The Morgan fingerprint density at radius 1 is 1.32 bits per heavy atom. The third-order valence-electron chi connectivity index (χ3n) is 3.46. The highest BCUT2D eigenvalue weighted by molar-refractivity contribution is 7.12. The van der Waals surface area contributed by atoms with Gasteiger partial charge in [0.1, 0.15) is 0 Å². The van der Waals surface area contributed by atoms with Crippen molar-refractivity contribution in [1.82, 2.24) is 9.55 Å². The zero-order chi connectivity index (χ0) is 13.6. The molecule has 3 rings (SSSR count). The fraction of sp³-hybridized carbons (Fsp3) is 0.200. The maximum absolute atomic E-state index is 11.4. The summed E-state index contributed by atoms with van der Waals surface area (Å²) < 4.78 is 2.16. The highest BCUT2D eigenvalue weighted by atomic mass is 32.1. The summed E-state index contributed by atoms with van der Waals surface area (Å²) in [5.41, 5.74) is 4.38. The second-order valence-corrected chi connectivity index (χ2v) is 5.49. The molecule has 0 spiro atoms. The lowest BCUT2D eigenvalue weighted by molar-refractivity contribution is 0.101. The summed E-state index contributed by atoms with van der Waals surface area (Å²) in [5.74, 6) is 0.0224. The first-order valence-electron chi connectivity index (χ1n) is 6.10. The van der Waals surface area contributed by atoms with Crippen molar-refractivity contribution in [2.75, 3.05) is 0 Å². The molecule has 0 aliphatic heterocycles. The average Bonchev–Trinajstić information content (AvgIpc) is 2.96. The number of hydrogen-bond donors (Lipinski definition) is 0. The lowest BCUT2D eigenvalue weighted by Crippen LogP contribution is -1.92. The molecule has 0 saturated heterocycles. The number of hydrogen-bond acceptors (Lipinski definition) is 3. The largest absolute Gasteiger partial charge is 0.347 e. The van der Waals surface area contributed by atoms with Gasteiger partial charge in [0, 0.05) is 41.5 Å². The molecule has 0 aliphatic carbocycles. The molecule has 3 nitrogen and oxygen atoms in total. The van der Waals surface area contributed by atoms with Crippen molar-refractivity contribution in [2.24, 2.45) is 7.05 Å². The number of aromatic nitrogens is 2. The van der Waals surface area contributed by atoms with E-state index in [1.807, 2.05) is 17.5 Å². The van der Waals surface area contributed by atoms with Crippen LogP contribution in [0.5, 0.6) is 0 Å². The summed E-state index contributed by atoms with van der Waals surface area (Å²) in [7, 11) is 2.05. The third kappa shape index (κ3) is 1.79. The number of carbonyl (C=O) groups is 1. The summed E-state index contributed by atoms with van der Waals surface area (Å²) in [4.78, 5) is 15.8. The normalized spacial score (nSPS) is 11.1. The molecule has 0 aliphatic rings. The minimum Gasteiger partial charge on any atom is -0.347 e. The molecule has 19 heavy (non-hydrogen) atoms. The van der Waals surface area contributed by atoms with Crippen molar-refractivity contribution in [3.63, 3.8) is 0 Å². The number of nitrogens with zero attached hydrogens (tertiary/aromatic N) is 2. The molecule has 4 heteroatoms. The predicted molar refractivity (Wildman–Crippen MR) is 78.8 cm³/mol. The van der Waals surface area contributed by atoms with Crippen molar-refractivity contribution in [1.29, 1.82) is 0 Å². The first kappa shape index (κ1) is 12.1. The van der Waals surface area contributed by atoms with Crippen LogP contribution in [0.4, 0.5) is 0 Å². The van der Waals surface area contributed by atoms with Crippen molar-refractivity contribution in [3.8, 4) is 11.3 Å². The van der Waals surface area contributed by atoms with E-state index in [4.69, 9.17) is 0 Å². The summed E-state index contributed by atoms with van der Waals surface area (Å²) in [6.45, 7) is 3.64. The van der Waals surface area contributed by atoms with Crippen LogP contribution in [-0.2, 0) is 7.05 Å². The maximum atomic E-state index is 11.4. The van der Waals surface area contributed by atoms with Crippen LogP contribution in [-0.4, -0.2) is 15.3 Å². The van der Waals surface area contributed by atoms with Gasteiger partial charge in [-0.3, -0.25) is 4.79 Å². The van der Waals surface area contributed by atoms with E-state index < -0.39 is 0 Å². The lowest BCUT2D eigenvalue weighted by Gasteiger charge is -1.98. The van der Waals surface area contributed by atoms with E-state index in [9.17, 15) is 4.79 Å². The minimum atomic E-state index is 0.0224.